The predicted octanol–water partition coefficient (Wildman–Crippen LogP) is 10.4. The third kappa shape index (κ3) is 16.5. The van der Waals surface area contributed by atoms with Crippen LogP contribution in [0.15, 0.2) is 59.3 Å². The first-order valence-electron chi connectivity index (χ1n) is 12.4. The minimum Gasteiger partial charge on any atom is -0.103 e. The third-order valence-corrected chi connectivity index (χ3v) is 6.01. The zero-order valence-electron chi connectivity index (χ0n) is 21.7. The van der Waals surface area contributed by atoms with Gasteiger partial charge in [0.15, 0.2) is 0 Å². The van der Waals surface area contributed by atoms with E-state index in [1.807, 2.05) is 0 Å². The Morgan fingerprint density at radius 1 is 0.767 bits per heavy atom. The Hall–Kier alpha value is -1.30. The van der Waals surface area contributed by atoms with Gasteiger partial charge in [-0.05, 0) is 90.4 Å². The van der Waals surface area contributed by atoms with E-state index < -0.39 is 0 Å². The third-order valence-electron chi connectivity index (χ3n) is 6.01. The molecule has 0 aromatic heterocycles. The van der Waals surface area contributed by atoms with Gasteiger partial charge in [0.25, 0.3) is 0 Å². The number of allylic oxidation sites excluding steroid dienone is 9. The van der Waals surface area contributed by atoms with Crippen LogP contribution in [0.25, 0.3) is 0 Å². The van der Waals surface area contributed by atoms with Crippen molar-refractivity contribution >= 4 is 0 Å². The molecule has 0 amide bonds. The van der Waals surface area contributed by atoms with Crippen molar-refractivity contribution in [3.63, 3.8) is 0 Å². The van der Waals surface area contributed by atoms with E-state index in [-0.39, 0.29) is 0 Å². The van der Waals surface area contributed by atoms with E-state index in [1.54, 1.807) is 5.57 Å². The van der Waals surface area contributed by atoms with Crippen LogP contribution in [0.4, 0.5) is 0 Å². The highest BCUT2D eigenvalue weighted by atomic mass is 14.1. The molecule has 30 heavy (non-hydrogen) atoms. The molecule has 0 unspecified atom stereocenters. The molecule has 0 aromatic carbocycles. The van der Waals surface area contributed by atoms with Gasteiger partial charge in [-0.15, -0.1) is 6.58 Å². The van der Waals surface area contributed by atoms with Crippen LogP contribution in [0.3, 0.4) is 0 Å². The van der Waals surface area contributed by atoms with Crippen LogP contribution in [0, 0.1) is 17.8 Å². The van der Waals surface area contributed by atoms with Gasteiger partial charge in [-0.1, -0.05) is 93.2 Å². The predicted molar refractivity (Wildman–Crippen MR) is 140 cm³/mol. The summed E-state index contributed by atoms with van der Waals surface area (Å²) in [4.78, 5) is 0. The van der Waals surface area contributed by atoms with Gasteiger partial charge in [0.1, 0.15) is 0 Å². The molecule has 0 nitrogen and oxygen atoms in total. The minimum absolute atomic E-state index is 0.562. The van der Waals surface area contributed by atoms with Crippen molar-refractivity contribution in [2.24, 2.45) is 17.8 Å². The highest BCUT2D eigenvalue weighted by Crippen LogP contribution is 2.25. The number of hydrogen-bond acceptors (Lipinski definition) is 0. The summed E-state index contributed by atoms with van der Waals surface area (Å²) < 4.78 is 0. The molecule has 172 valence electrons. The molecule has 0 fully saturated rings. The molecule has 0 spiro atoms. The second-order valence-electron chi connectivity index (χ2n) is 10.1. The summed E-state index contributed by atoms with van der Waals surface area (Å²) in [6, 6.07) is 0. The lowest BCUT2D eigenvalue weighted by Gasteiger charge is -2.17. The maximum absolute atomic E-state index is 3.95. The van der Waals surface area contributed by atoms with E-state index in [1.165, 1.54) is 61.7 Å². The van der Waals surface area contributed by atoms with Crippen LogP contribution in [0.5, 0.6) is 0 Å². The zero-order valence-corrected chi connectivity index (χ0v) is 21.7. The largest absolute Gasteiger partial charge is 0.103 e. The first-order chi connectivity index (χ1) is 14.1. The van der Waals surface area contributed by atoms with Gasteiger partial charge < -0.3 is 0 Å². The molecule has 0 aliphatic heterocycles. The monoisotopic (exact) mass is 412 g/mol. The molecular formula is C30H52. The summed E-state index contributed by atoms with van der Waals surface area (Å²) in [5.74, 6) is 2.06. The van der Waals surface area contributed by atoms with Crippen LogP contribution < -0.4 is 0 Å². The Morgan fingerprint density at radius 2 is 1.37 bits per heavy atom. The van der Waals surface area contributed by atoms with E-state index in [4.69, 9.17) is 0 Å². The van der Waals surface area contributed by atoms with Gasteiger partial charge in [-0.2, -0.15) is 0 Å². The fraction of sp³-hybridized carbons (Fsp3) is 0.667. The first-order valence-corrected chi connectivity index (χ1v) is 12.4. The summed E-state index contributed by atoms with van der Waals surface area (Å²) >= 11 is 0. The van der Waals surface area contributed by atoms with E-state index in [0.717, 1.165) is 18.8 Å². The summed E-state index contributed by atoms with van der Waals surface area (Å²) in [5, 5.41) is 0. The van der Waals surface area contributed by atoms with Gasteiger partial charge in [-0.3, -0.25) is 0 Å². The van der Waals surface area contributed by atoms with Crippen LogP contribution in [0.2, 0.25) is 0 Å². The summed E-state index contributed by atoms with van der Waals surface area (Å²) in [5.41, 5.74) is 6.10. The normalized spacial score (nSPS) is 15.3. The van der Waals surface area contributed by atoms with Crippen molar-refractivity contribution in [3.05, 3.63) is 59.3 Å². The Bertz CT molecular complexity index is 575. The molecule has 0 rings (SSSR count). The molecule has 0 saturated heterocycles. The lowest BCUT2D eigenvalue weighted by atomic mass is 9.89. The second-order valence-corrected chi connectivity index (χ2v) is 10.1. The molecule has 0 bridgehead atoms. The maximum Gasteiger partial charge on any atom is -0.0134 e. The van der Waals surface area contributed by atoms with E-state index >= 15 is 0 Å². The molecule has 0 aromatic rings. The molecule has 0 saturated carbocycles. The lowest BCUT2D eigenvalue weighted by molar-refractivity contribution is 0.487. The fourth-order valence-electron chi connectivity index (χ4n) is 3.57. The number of hydrogen-bond donors (Lipinski definition) is 0. The smallest absolute Gasteiger partial charge is 0.0134 e. The van der Waals surface area contributed by atoms with Crippen molar-refractivity contribution < 1.29 is 0 Å². The molecule has 0 N–H and O–H groups in total. The van der Waals surface area contributed by atoms with Crippen molar-refractivity contribution in [3.8, 4) is 0 Å². The van der Waals surface area contributed by atoms with Crippen LogP contribution in [-0.4, -0.2) is 0 Å². The fourth-order valence-corrected chi connectivity index (χ4v) is 3.57. The topological polar surface area (TPSA) is 0 Å². The Kier molecular flexibility index (Phi) is 16.6. The zero-order chi connectivity index (χ0) is 22.9. The molecule has 0 heterocycles. The maximum atomic E-state index is 3.95. The van der Waals surface area contributed by atoms with Crippen molar-refractivity contribution in [1.29, 1.82) is 0 Å². The van der Waals surface area contributed by atoms with E-state index in [9.17, 15) is 0 Å². The van der Waals surface area contributed by atoms with Gasteiger partial charge in [0, 0.05) is 0 Å². The standard InChI is InChI=1S/C30H52/c1-10-26(6)20-22-30(29(9)19-12-15-25(4)5)23-21-28(8)18-13-17-27(7)16-11-14-24(2)3/h10,14,17,21-22,25-26,29H,1,11-13,15-16,18-20,23H2,2-9H3/b27-17+,28-21+,30-22+/t26-,29+/m0/s1. The van der Waals surface area contributed by atoms with Crippen molar-refractivity contribution in [2.75, 3.05) is 0 Å². The molecule has 2 atom stereocenters. The second kappa shape index (κ2) is 17.4. The average molecular weight is 413 g/mol. The van der Waals surface area contributed by atoms with Crippen molar-refractivity contribution in [1.82, 2.24) is 0 Å². The first kappa shape index (κ1) is 28.7. The van der Waals surface area contributed by atoms with Gasteiger partial charge in [0.2, 0.25) is 0 Å². The molecule has 0 heteroatoms. The van der Waals surface area contributed by atoms with Crippen LogP contribution in [0.1, 0.15) is 113 Å². The summed E-state index contributed by atoms with van der Waals surface area (Å²) in [6.07, 6.45) is 22.8. The van der Waals surface area contributed by atoms with Crippen LogP contribution in [-0.2, 0) is 0 Å². The summed E-state index contributed by atoms with van der Waals surface area (Å²) in [6.45, 7) is 22.2. The van der Waals surface area contributed by atoms with Gasteiger partial charge >= 0.3 is 0 Å². The van der Waals surface area contributed by atoms with Gasteiger partial charge in [-0.25, -0.2) is 0 Å². The highest BCUT2D eigenvalue weighted by Gasteiger charge is 2.09. The molecular weight excluding hydrogens is 360 g/mol. The van der Waals surface area contributed by atoms with Crippen LogP contribution >= 0.6 is 0 Å². The average Bonchev–Trinajstić information content (AvgIpc) is 2.66. The molecule has 0 aliphatic carbocycles. The lowest BCUT2D eigenvalue weighted by Crippen LogP contribution is -2.02. The van der Waals surface area contributed by atoms with Crippen molar-refractivity contribution in [2.45, 2.75) is 113 Å². The minimum atomic E-state index is 0.562. The Balaban J connectivity index is 4.74. The Morgan fingerprint density at radius 3 is 1.93 bits per heavy atom. The number of rotatable bonds is 16. The molecule has 0 aliphatic rings. The summed E-state index contributed by atoms with van der Waals surface area (Å²) in [7, 11) is 0. The quantitative estimate of drug-likeness (QED) is 0.221. The van der Waals surface area contributed by atoms with E-state index in [0.29, 0.717) is 11.8 Å². The van der Waals surface area contributed by atoms with Gasteiger partial charge in [0.05, 0.1) is 0 Å². The Labute approximate surface area is 190 Å². The van der Waals surface area contributed by atoms with E-state index in [2.05, 4.69) is 92.3 Å². The SMILES string of the molecule is C=C[C@H](C)C/C=C(\C/C=C(\C)CC/C=C(\C)CCC=C(C)C)[C@H](C)CCCC(C)C. The highest BCUT2D eigenvalue weighted by molar-refractivity contribution is 5.15. The molecule has 0 radical (unpaired) electrons.